The highest BCUT2D eigenvalue weighted by Crippen LogP contribution is 2.40. The van der Waals surface area contributed by atoms with Gasteiger partial charge in [-0.25, -0.2) is 14.4 Å². The average molecular weight is 449 g/mol. The van der Waals surface area contributed by atoms with Gasteiger partial charge in [-0.2, -0.15) is 4.98 Å². The lowest BCUT2D eigenvalue weighted by Crippen LogP contribution is -2.43. The molecule has 3 N–H and O–H groups in total. The van der Waals surface area contributed by atoms with E-state index in [9.17, 15) is 0 Å². The summed E-state index contributed by atoms with van der Waals surface area (Å²) in [6, 6.07) is 7.24. The van der Waals surface area contributed by atoms with Crippen LogP contribution < -0.4 is 21.2 Å². The summed E-state index contributed by atoms with van der Waals surface area (Å²) >= 11 is 1.53. The first-order chi connectivity index (χ1) is 15.7. The number of halogens is 1. The lowest BCUT2D eigenvalue weighted by molar-refractivity contribution is 0.585. The minimum atomic E-state index is -0.348. The molecule has 1 saturated heterocycles. The third-order valence-corrected chi connectivity index (χ3v) is 6.61. The van der Waals surface area contributed by atoms with Crippen molar-refractivity contribution in [2.45, 2.75) is 6.54 Å². The van der Waals surface area contributed by atoms with Gasteiger partial charge >= 0.3 is 0 Å². The lowest BCUT2D eigenvalue weighted by atomic mass is 10.0. The number of nitrogens with one attached hydrogen (secondary N) is 3. The molecule has 0 amide bonds. The third-order valence-electron chi connectivity index (χ3n) is 6.02. The van der Waals surface area contributed by atoms with E-state index in [0.29, 0.717) is 29.2 Å². The highest BCUT2D eigenvalue weighted by atomic mass is 32.1. The van der Waals surface area contributed by atoms with Crippen LogP contribution in [0.2, 0.25) is 0 Å². The number of anilines is 2. The zero-order valence-corrected chi connectivity index (χ0v) is 18.0. The van der Waals surface area contributed by atoms with E-state index in [1.165, 1.54) is 11.3 Å². The molecule has 1 aromatic heterocycles. The predicted molar refractivity (Wildman–Crippen MR) is 123 cm³/mol. The van der Waals surface area contributed by atoms with Crippen molar-refractivity contribution in [3.63, 3.8) is 0 Å². The van der Waals surface area contributed by atoms with Crippen molar-refractivity contribution in [1.29, 1.82) is 5.41 Å². The predicted octanol–water partition coefficient (Wildman–Crippen LogP) is 2.63. The van der Waals surface area contributed by atoms with Crippen LogP contribution in [0.5, 0.6) is 0 Å². The number of nitrogens with zero attached hydrogens (tertiary/aromatic N) is 5. The van der Waals surface area contributed by atoms with Crippen molar-refractivity contribution in [1.82, 2.24) is 24.8 Å². The van der Waals surface area contributed by atoms with Gasteiger partial charge in [0.25, 0.3) is 0 Å². The molecule has 0 unspecified atom stereocenters. The number of fused-ring (bicyclic) bond motifs is 3. The molecule has 0 radical (unpaired) electrons. The smallest absolute Gasteiger partial charge is 0.244 e. The Hall–Kier alpha value is -3.37. The summed E-state index contributed by atoms with van der Waals surface area (Å²) in [6.07, 6.45) is 0. The zero-order valence-electron chi connectivity index (χ0n) is 17.2. The third kappa shape index (κ3) is 3.14. The minimum absolute atomic E-state index is 0.124. The zero-order chi connectivity index (χ0) is 21.7. The van der Waals surface area contributed by atoms with Crippen LogP contribution in [-0.2, 0) is 6.54 Å². The molecule has 0 saturated carbocycles. The van der Waals surface area contributed by atoms with Crippen LogP contribution in [0.1, 0.15) is 0 Å². The summed E-state index contributed by atoms with van der Waals surface area (Å²) in [5, 5.41) is 16.9. The molecular weight excluding hydrogens is 427 g/mol. The number of piperazine rings is 1. The lowest BCUT2D eigenvalue weighted by Gasteiger charge is -2.29. The Morgan fingerprint density at radius 1 is 1.00 bits per heavy atom. The van der Waals surface area contributed by atoms with Crippen LogP contribution in [0, 0.1) is 11.2 Å². The number of benzene rings is 1. The Bertz CT molecular complexity index is 1330. The van der Waals surface area contributed by atoms with Crippen LogP contribution in [0.4, 0.5) is 15.9 Å². The summed E-state index contributed by atoms with van der Waals surface area (Å²) in [5.41, 5.74) is 5.83. The van der Waals surface area contributed by atoms with Gasteiger partial charge in [0.05, 0.1) is 16.9 Å². The van der Waals surface area contributed by atoms with Crippen molar-refractivity contribution in [2.75, 3.05) is 42.9 Å². The molecule has 4 aliphatic rings. The average Bonchev–Trinajstić information content (AvgIpc) is 3.51. The first-order valence-electron chi connectivity index (χ1n) is 10.6. The number of hydrogen-bond donors (Lipinski definition) is 3. The molecule has 8 nitrogen and oxygen atoms in total. The van der Waals surface area contributed by atoms with Crippen molar-refractivity contribution < 1.29 is 4.39 Å². The van der Waals surface area contributed by atoms with E-state index in [-0.39, 0.29) is 11.4 Å². The highest BCUT2D eigenvalue weighted by Gasteiger charge is 2.27. The second-order valence-corrected chi connectivity index (χ2v) is 8.61. The van der Waals surface area contributed by atoms with Crippen LogP contribution in [0.3, 0.4) is 0 Å². The molecule has 0 bridgehead atoms. The normalized spacial score (nSPS) is 15.7. The van der Waals surface area contributed by atoms with Gasteiger partial charge in [-0.3, -0.25) is 5.41 Å². The van der Waals surface area contributed by atoms with Gasteiger partial charge in [0.2, 0.25) is 5.62 Å². The van der Waals surface area contributed by atoms with E-state index in [1.807, 2.05) is 22.1 Å². The van der Waals surface area contributed by atoms with E-state index >= 15 is 4.39 Å². The fourth-order valence-corrected chi connectivity index (χ4v) is 5.07. The van der Waals surface area contributed by atoms with E-state index in [0.717, 1.165) is 55.5 Å². The van der Waals surface area contributed by atoms with Gasteiger partial charge in [-0.05, 0) is 24.3 Å². The number of pyridine rings is 1. The largest absolute Gasteiger partial charge is 0.369 e. The number of hydrogen-bond acceptors (Lipinski definition) is 8. The van der Waals surface area contributed by atoms with Crippen molar-refractivity contribution in [3.8, 4) is 33.9 Å². The molecule has 0 spiro atoms. The fraction of sp³-hybridized carbons (Fsp3) is 0.273. The van der Waals surface area contributed by atoms with Crippen molar-refractivity contribution in [2.24, 2.45) is 0 Å². The molecule has 5 heterocycles. The van der Waals surface area contributed by atoms with Crippen LogP contribution in [-0.4, -0.2) is 52.2 Å². The van der Waals surface area contributed by atoms with Gasteiger partial charge in [0.1, 0.15) is 17.5 Å². The van der Waals surface area contributed by atoms with Crippen LogP contribution in [0.15, 0.2) is 35.2 Å². The molecule has 162 valence electrons. The van der Waals surface area contributed by atoms with E-state index in [1.54, 1.807) is 17.6 Å². The maximum Gasteiger partial charge on any atom is 0.244 e. The minimum Gasteiger partial charge on any atom is -0.369 e. The summed E-state index contributed by atoms with van der Waals surface area (Å²) in [5.74, 6) is 1.20. The maximum atomic E-state index is 15.4. The molecule has 1 aromatic carbocycles. The molecule has 2 aromatic rings. The molecular formula is C22H21FN8S. The van der Waals surface area contributed by atoms with Gasteiger partial charge in [0.15, 0.2) is 0 Å². The first-order valence-corrected chi connectivity index (χ1v) is 11.5. The number of rotatable bonds is 3. The van der Waals surface area contributed by atoms with E-state index in [4.69, 9.17) is 5.41 Å². The second kappa shape index (κ2) is 7.64. The molecule has 4 aliphatic heterocycles. The van der Waals surface area contributed by atoms with Crippen molar-refractivity contribution in [3.05, 3.63) is 46.6 Å². The quantitative estimate of drug-likeness (QED) is 0.446. The maximum absolute atomic E-state index is 15.4. The van der Waals surface area contributed by atoms with Gasteiger partial charge in [-0.1, -0.05) is 0 Å². The summed E-state index contributed by atoms with van der Waals surface area (Å²) in [6.45, 7) is 4.94. The summed E-state index contributed by atoms with van der Waals surface area (Å²) < 4.78 is 17.4. The Balaban J connectivity index is 1.53. The number of thiazole rings is 1. The standard InChI is InChI=1S/C22H21FN8S/c23-17-9-13(30-6-3-25-4-7-30)1-2-14(17)19-16-10-15(18-11-32-12-27-18)20-26-5-8-31(20)21(16)29-22(24)28-19/h1-2,9-12,24-26H,3-8H2. The van der Waals surface area contributed by atoms with Gasteiger partial charge < -0.3 is 20.1 Å². The molecule has 1 fully saturated rings. The highest BCUT2D eigenvalue weighted by molar-refractivity contribution is 7.07. The van der Waals surface area contributed by atoms with Crippen LogP contribution >= 0.6 is 11.3 Å². The molecule has 32 heavy (non-hydrogen) atoms. The second-order valence-electron chi connectivity index (χ2n) is 7.89. The fourth-order valence-electron chi connectivity index (χ4n) is 4.52. The summed E-state index contributed by atoms with van der Waals surface area (Å²) in [7, 11) is 0. The first kappa shape index (κ1) is 19.3. The molecule has 0 atom stereocenters. The molecule has 0 aliphatic carbocycles. The Kier molecular flexibility index (Phi) is 4.62. The molecule has 10 heteroatoms. The Labute approximate surface area is 187 Å². The Morgan fingerprint density at radius 3 is 2.66 bits per heavy atom. The topological polar surface area (TPSA) is 94.8 Å². The number of aromatic nitrogens is 4. The van der Waals surface area contributed by atoms with Gasteiger partial charge in [0, 0.05) is 67.0 Å². The van der Waals surface area contributed by atoms with Crippen LogP contribution in [0.25, 0.3) is 33.9 Å². The van der Waals surface area contributed by atoms with Crippen molar-refractivity contribution >= 4 is 22.8 Å². The Morgan fingerprint density at radius 2 is 1.88 bits per heavy atom. The summed E-state index contributed by atoms with van der Waals surface area (Å²) in [4.78, 5) is 15.4. The monoisotopic (exact) mass is 448 g/mol. The molecule has 6 rings (SSSR count). The van der Waals surface area contributed by atoms with E-state index in [2.05, 4.69) is 30.5 Å². The SMILES string of the molecule is N=c1nc(-c2ccc(N3CCNCC3)cc2F)c2cc(-c3cscn3)c3n(c-2n1)CCN3. The van der Waals surface area contributed by atoms with Gasteiger partial charge in [-0.15, -0.1) is 11.3 Å². The van der Waals surface area contributed by atoms with E-state index < -0.39 is 0 Å².